The normalized spacial score (nSPS) is 18.2. The zero-order valence-electron chi connectivity index (χ0n) is 17.5. The van der Waals surface area contributed by atoms with Gasteiger partial charge in [0.15, 0.2) is 26.8 Å². The number of sulfone groups is 1. The first kappa shape index (κ1) is 21.6. The Bertz CT molecular complexity index is 1470. The molecule has 0 saturated carbocycles. The number of halogens is 1. The van der Waals surface area contributed by atoms with Crippen molar-refractivity contribution in [1.82, 2.24) is 23.3 Å². The van der Waals surface area contributed by atoms with Gasteiger partial charge in [-0.05, 0) is 37.9 Å². The number of carbonyl (C=O) groups excluding carboxylic acids is 1. The standard InChI is InChI=1S/C19H22ClN5O5S/c1-10-7-13(11(2)25(10)12-5-6-31(29,30)9-12)14(26)8-24-15-16(21-18(24)20)22(3)19(28)23(4)17(15)27/h7,12H,5-6,8-9H2,1-4H3. The topological polar surface area (TPSA) is 118 Å². The van der Waals surface area contributed by atoms with E-state index in [0.717, 1.165) is 10.3 Å². The summed E-state index contributed by atoms with van der Waals surface area (Å²) >= 11 is 6.22. The lowest BCUT2D eigenvalue weighted by Gasteiger charge is -2.16. The Hall–Kier alpha value is -2.66. The lowest BCUT2D eigenvalue weighted by molar-refractivity contribution is 0.0972. The highest BCUT2D eigenvalue weighted by Crippen LogP contribution is 2.29. The van der Waals surface area contributed by atoms with E-state index in [0.29, 0.717) is 17.7 Å². The molecule has 1 saturated heterocycles. The van der Waals surface area contributed by atoms with Gasteiger partial charge in [-0.1, -0.05) is 0 Å². The second-order valence-electron chi connectivity index (χ2n) is 7.98. The second kappa shape index (κ2) is 7.20. The third-order valence-corrected chi connectivity index (χ3v) is 8.00. The number of hydrogen-bond donors (Lipinski definition) is 0. The average Bonchev–Trinajstić information content (AvgIpc) is 3.31. The zero-order chi connectivity index (χ0) is 22.8. The van der Waals surface area contributed by atoms with Gasteiger partial charge in [0.25, 0.3) is 5.56 Å². The fraction of sp³-hybridized carbons (Fsp3) is 0.474. The predicted molar refractivity (Wildman–Crippen MR) is 116 cm³/mol. The van der Waals surface area contributed by atoms with E-state index in [9.17, 15) is 22.8 Å². The van der Waals surface area contributed by atoms with Crippen molar-refractivity contribution in [1.29, 1.82) is 0 Å². The van der Waals surface area contributed by atoms with Gasteiger partial charge in [-0.25, -0.2) is 13.2 Å². The first-order valence-corrected chi connectivity index (χ1v) is 11.9. The maximum atomic E-state index is 13.2. The summed E-state index contributed by atoms with van der Waals surface area (Å²) in [7, 11) is -0.253. The lowest BCUT2D eigenvalue weighted by Crippen LogP contribution is -2.37. The summed E-state index contributed by atoms with van der Waals surface area (Å²) in [6, 6.07) is 1.52. The first-order chi connectivity index (χ1) is 14.4. The van der Waals surface area contributed by atoms with E-state index in [1.807, 2.05) is 11.5 Å². The van der Waals surface area contributed by atoms with Crippen LogP contribution in [0.1, 0.15) is 34.2 Å². The van der Waals surface area contributed by atoms with E-state index in [1.165, 1.54) is 23.2 Å². The van der Waals surface area contributed by atoms with Gasteiger partial charge in [-0.15, -0.1) is 0 Å². The van der Waals surface area contributed by atoms with Gasteiger partial charge in [-0.2, -0.15) is 4.98 Å². The predicted octanol–water partition coefficient (Wildman–Crippen LogP) is 0.748. The van der Waals surface area contributed by atoms with Crippen LogP contribution in [0.5, 0.6) is 0 Å². The van der Waals surface area contributed by atoms with Crippen LogP contribution in [0.15, 0.2) is 15.7 Å². The summed E-state index contributed by atoms with van der Waals surface area (Å²) in [5.74, 6) is -0.104. The fourth-order valence-corrected chi connectivity index (χ4v) is 6.32. The van der Waals surface area contributed by atoms with Crippen LogP contribution in [-0.4, -0.2) is 49.0 Å². The van der Waals surface area contributed by atoms with Crippen LogP contribution in [0.2, 0.25) is 5.28 Å². The SMILES string of the molecule is Cc1cc(C(=O)Cn2c(Cl)nc3c2c(=O)n(C)c(=O)n3C)c(C)n1C1CCS(=O)(=O)C1. The summed E-state index contributed by atoms with van der Waals surface area (Å²) in [6.07, 6.45) is 0.508. The van der Waals surface area contributed by atoms with Gasteiger partial charge in [0.1, 0.15) is 0 Å². The Kier molecular flexibility index (Phi) is 5.01. The van der Waals surface area contributed by atoms with Crippen molar-refractivity contribution in [3.63, 3.8) is 0 Å². The Balaban J connectivity index is 1.76. The summed E-state index contributed by atoms with van der Waals surface area (Å²) in [5, 5.41) is -0.0719. The van der Waals surface area contributed by atoms with Crippen LogP contribution in [0.25, 0.3) is 11.2 Å². The summed E-state index contributed by atoms with van der Waals surface area (Å²) in [6.45, 7) is 3.37. The Morgan fingerprint density at radius 3 is 2.52 bits per heavy atom. The summed E-state index contributed by atoms with van der Waals surface area (Å²) in [5.41, 5.74) is 0.938. The minimum Gasteiger partial charge on any atom is -0.344 e. The molecule has 12 heteroatoms. The third-order valence-electron chi connectivity index (χ3n) is 5.96. The van der Waals surface area contributed by atoms with Crippen molar-refractivity contribution in [3.8, 4) is 0 Å². The van der Waals surface area contributed by atoms with Crippen molar-refractivity contribution in [2.45, 2.75) is 32.9 Å². The Morgan fingerprint density at radius 1 is 1.23 bits per heavy atom. The minimum atomic E-state index is -3.08. The molecule has 3 aromatic rings. The molecular formula is C19H22ClN5O5S. The average molecular weight is 468 g/mol. The second-order valence-corrected chi connectivity index (χ2v) is 10.5. The molecule has 166 valence electrons. The molecule has 0 aliphatic carbocycles. The largest absolute Gasteiger partial charge is 0.344 e. The number of imidazole rings is 1. The molecule has 0 aromatic carbocycles. The molecule has 1 atom stereocenters. The van der Waals surface area contributed by atoms with E-state index in [-0.39, 0.29) is 46.3 Å². The highest BCUT2D eigenvalue weighted by Gasteiger charge is 2.32. The maximum Gasteiger partial charge on any atom is 0.332 e. The van der Waals surface area contributed by atoms with Crippen LogP contribution in [0.4, 0.5) is 0 Å². The number of aromatic nitrogens is 5. The van der Waals surface area contributed by atoms with Gasteiger partial charge in [0.05, 0.1) is 18.1 Å². The lowest BCUT2D eigenvalue weighted by atomic mass is 10.1. The van der Waals surface area contributed by atoms with Crippen molar-refractivity contribution < 1.29 is 13.2 Å². The van der Waals surface area contributed by atoms with Crippen molar-refractivity contribution in [2.24, 2.45) is 14.1 Å². The molecule has 10 nitrogen and oxygen atoms in total. The van der Waals surface area contributed by atoms with Crippen LogP contribution >= 0.6 is 11.6 Å². The van der Waals surface area contributed by atoms with E-state index < -0.39 is 21.1 Å². The summed E-state index contributed by atoms with van der Waals surface area (Å²) in [4.78, 5) is 42.1. The molecule has 0 spiro atoms. The monoisotopic (exact) mass is 467 g/mol. The molecule has 0 radical (unpaired) electrons. The number of rotatable bonds is 4. The minimum absolute atomic E-state index is 0.0546. The fourth-order valence-electron chi connectivity index (χ4n) is 4.39. The number of fused-ring (bicyclic) bond motifs is 1. The molecule has 1 aliphatic rings. The number of hydrogen-bond acceptors (Lipinski definition) is 6. The highest BCUT2D eigenvalue weighted by atomic mass is 35.5. The molecular weight excluding hydrogens is 446 g/mol. The molecule has 0 bridgehead atoms. The molecule has 1 aliphatic heterocycles. The van der Waals surface area contributed by atoms with Crippen molar-refractivity contribution >= 4 is 38.4 Å². The van der Waals surface area contributed by atoms with Gasteiger partial charge in [-0.3, -0.25) is 18.7 Å². The number of ketones is 1. The van der Waals surface area contributed by atoms with Crippen LogP contribution in [0.3, 0.4) is 0 Å². The molecule has 0 N–H and O–H groups in total. The van der Waals surface area contributed by atoms with E-state index in [4.69, 9.17) is 11.6 Å². The zero-order valence-corrected chi connectivity index (χ0v) is 19.1. The van der Waals surface area contributed by atoms with Crippen molar-refractivity contribution in [3.05, 3.63) is 49.1 Å². The number of nitrogens with zero attached hydrogens (tertiary/aromatic N) is 5. The number of carbonyl (C=O) groups is 1. The smallest absolute Gasteiger partial charge is 0.332 e. The van der Waals surface area contributed by atoms with Crippen LogP contribution in [-0.2, 0) is 30.5 Å². The molecule has 4 heterocycles. The number of aryl methyl sites for hydroxylation is 2. The first-order valence-electron chi connectivity index (χ1n) is 9.66. The maximum absolute atomic E-state index is 13.2. The molecule has 0 amide bonds. The molecule has 1 unspecified atom stereocenters. The van der Waals surface area contributed by atoms with Gasteiger partial charge >= 0.3 is 5.69 Å². The molecule has 3 aromatic heterocycles. The van der Waals surface area contributed by atoms with E-state index in [1.54, 1.807) is 13.0 Å². The van der Waals surface area contributed by atoms with Gasteiger partial charge < -0.3 is 9.13 Å². The van der Waals surface area contributed by atoms with Crippen LogP contribution in [0, 0.1) is 13.8 Å². The van der Waals surface area contributed by atoms with E-state index in [2.05, 4.69) is 4.98 Å². The van der Waals surface area contributed by atoms with Crippen molar-refractivity contribution in [2.75, 3.05) is 11.5 Å². The molecule has 31 heavy (non-hydrogen) atoms. The quantitative estimate of drug-likeness (QED) is 0.412. The molecule has 4 rings (SSSR count). The number of Topliss-reactive ketones (excluding diaryl/α,β-unsaturated/α-hetero) is 1. The Labute approximate surface area is 182 Å². The Morgan fingerprint density at radius 2 is 1.90 bits per heavy atom. The van der Waals surface area contributed by atoms with Gasteiger partial charge in [0.2, 0.25) is 5.28 Å². The van der Waals surface area contributed by atoms with Gasteiger partial charge in [0, 0.05) is 37.1 Å². The van der Waals surface area contributed by atoms with Crippen LogP contribution < -0.4 is 11.2 Å². The third kappa shape index (κ3) is 3.35. The highest BCUT2D eigenvalue weighted by molar-refractivity contribution is 7.91. The molecule has 1 fully saturated rings. The van der Waals surface area contributed by atoms with E-state index >= 15 is 0 Å². The summed E-state index contributed by atoms with van der Waals surface area (Å²) < 4.78 is 29.1.